The van der Waals surface area contributed by atoms with Crippen molar-refractivity contribution in [1.29, 1.82) is 0 Å². The van der Waals surface area contributed by atoms with Gasteiger partial charge in [0.25, 0.3) is 5.69 Å². The molecule has 0 saturated carbocycles. The fourth-order valence-electron chi connectivity index (χ4n) is 5.16. The minimum absolute atomic E-state index is 0. The van der Waals surface area contributed by atoms with E-state index in [1.165, 1.54) is 76.0 Å². The summed E-state index contributed by atoms with van der Waals surface area (Å²) in [6.45, 7) is 11.4. The number of aromatic nitrogens is 1. The predicted octanol–water partition coefficient (Wildman–Crippen LogP) is -6.85. The second kappa shape index (κ2) is 14.4. The lowest BCUT2D eigenvalue weighted by Gasteiger charge is -2.24. The van der Waals surface area contributed by atoms with Crippen molar-refractivity contribution in [2.45, 2.75) is 71.4 Å². The van der Waals surface area contributed by atoms with E-state index in [0.717, 1.165) is 29.9 Å². The van der Waals surface area contributed by atoms with Gasteiger partial charge < -0.3 is 52.1 Å². The molecule has 2 aliphatic rings. The SMILES string of the molecule is CC(C)c1ccc(-c2[nH+]c(C[NH+]3CCCCC3)cc(C[NH+]3CCCCC3)c2O)cc1.[Cl-].[Cl-].[Cl-]. The highest BCUT2D eigenvalue weighted by Gasteiger charge is 2.26. The first-order chi connectivity index (χ1) is 14.6. The fraction of sp³-hybridized carbons (Fsp3) is 0.577. The summed E-state index contributed by atoms with van der Waals surface area (Å²) >= 11 is 0. The maximum absolute atomic E-state index is 11.2. The number of nitrogens with one attached hydrogen (secondary N) is 3. The summed E-state index contributed by atoms with van der Waals surface area (Å²) in [5, 5.41) is 11.2. The summed E-state index contributed by atoms with van der Waals surface area (Å²) in [4.78, 5) is 6.90. The van der Waals surface area contributed by atoms with Gasteiger partial charge in [0.15, 0.2) is 12.3 Å². The van der Waals surface area contributed by atoms with Gasteiger partial charge >= 0.3 is 0 Å². The molecule has 4 nitrogen and oxygen atoms in total. The molecule has 0 amide bonds. The van der Waals surface area contributed by atoms with E-state index >= 15 is 0 Å². The second-order valence-electron chi connectivity index (χ2n) is 9.80. The minimum Gasteiger partial charge on any atom is -1.00 e. The smallest absolute Gasteiger partial charge is 0.253 e. The van der Waals surface area contributed by atoms with Crippen molar-refractivity contribution in [3.63, 3.8) is 0 Å². The molecule has 4 rings (SSSR count). The van der Waals surface area contributed by atoms with Gasteiger partial charge in [0.05, 0.1) is 37.3 Å². The molecule has 186 valence electrons. The van der Waals surface area contributed by atoms with Gasteiger partial charge in [0.2, 0.25) is 5.69 Å². The van der Waals surface area contributed by atoms with Gasteiger partial charge in [-0.25, -0.2) is 4.98 Å². The number of piperidine rings is 2. The Morgan fingerprint density at radius 1 is 0.788 bits per heavy atom. The zero-order valence-corrected chi connectivity index (χ0v) is 22.3. The maximum Gasteiger partial charge on any atom is 0.253 e. The van der Waals surface area contributed by atoms with E-state index in [2.05, 4.69) is 49.2 Å². The monoisotopic (exact) mass is 515 g/mol. The molecule has 2 fully saturated rings. The van der Waals surface area contributed by atoms with Crippen LogP contribution in [0.5, 0.6) is 5.75 Å². The molecule has 33 heavy (non-hydrogen) atoms. The van der Waals surface area contributed by atoms with E-state index in [0.29, 0.717) is 11.7 Å². The molecular weight excluding hydrogens is 477 g/mol. The third-order valence-electron chi connectivity index (χ3n) is 7.04. The Balaban J connectivity index is 0.00000181. The molecule has 0 unspecified atom stereocenters. The summed E-state index contributed by atoms with van der Waals surface area (Å²) in [6.07, 6.45) is 8.02. The third-order valence-corrected chi connectivity index (χ3v) is 7.04. The lowest BCUT2D eigenvalue weighted by atomic mass is 9.99. The molecular formula is C26H40Cl3N3O. The first-order valence-corrected chi connectivity index (χ1v) is 12.1. The van der Waals surface area contributed by atoms with Crippen LogP contribution >= 0.6 is 0 Å². The van der Waals surface area contributed by atoms with Crippen molar-refractivity contribution < 1.29 is 57.1 Å². The highest BCUT2D eigenvalue weighted by Crippen LogP contribution is 2.29. The van der Waals surface area contributed by atoms with Crippen LogP contribution < -0.4 is 52.0 Å². The van der Waals surface area contributed by atoms with E-state index in [-0.39, 0.29) is 37.2 Å². The summed E-state index contributed by atoms with van der Waals surface area (Å²) in [5.74, 6) is 0.965. The zero-order chi connectivity index (χ0) is 20.9. The van der Waals surface area contributed by atoms with Gasteiger partial charge in [0, 0.05) is 6.07 Å². The van der Waals surface area contributed by atoms with Crippen molar-refractivity contribution >= 4 is 0 Å². The molecule has 0 radical (unpaired) electrons. The normalized spacial score (nSPS) is 17.1. The molecule has 0 atom stereocenters. The Kier molecular flexibility index (Phi) is 13.1. The molecule has 0 spiro atoms. The van der Waals surface area contributed by atoms with Crippen LogP contribution in [0.2, 0.25) is 0 Å². The van der Waals surface area contributed by atoms with E-state index < -0.39 is 0 Å². The van der Waals surface area contributed by atoms with Crippen LogP contribution in [0.4, 0.5) is 0 Å². The van der Waals surface area contributed by atoms with E-state index in [1.54, 1.807) is 9.80 Å². The van der Waals surface area contributed by atoms with Crippen molar-refractivity contribution in [2.24, 2.45) is 0 Å². The Hall–Kier alpha value is -1.04. The molecule has 2 aromatic rings. The van der Waals surface area contributed by atoms with Gasteiger partial charge in [-0.05, 0) is 62.1 Å². The Morgan fingerprint density at radius 3 is 1.82 bits per heavy atom. The topological polar surface area (TPSA) is 43.2 Å². The summed E-state index contributed by atoms with van der Waals surface area (Å²) in [6, 6.07) is 11.0. The molecule has 2 aliphatic heterocycles. The van der Waals surface area contributed by atoms with Crippen LogP contribution in [0.25, 0.3) is 11.3 Å². The number of hydrogen-bond donors (Lipinski definition) is 3. The molecule has 7 heteroatoms. The van der Waals surface area contributed by atoms with Crippen LogP contribution in [0.1, 0.15) is 75.1 Å². The van der Waals surface area contributed by atoms with Crippen molar-refractivity contribution in [2.75, 3.05) is 26.2 Å². The standard InChI is InChI=1S/C26H37N3O.3ClH/c1-20(2)21-9-11-22(12-10-21)25-26(30)23(18-28-13-5-3-6-14-28)17-24(27-25)19-29-15-7-4-8-16-29;;;/h9-12,17,20,30H,3-8,13-16,18-19H2,1-2H3;3*1H. The molecule has 1 aromatic carbocycles. The molecule has 2 saturated heterocycles. The highest BCUT2D eigenvalue weighted by atomic mass is 35.5. The van der Waals surface area contributed by atoms with Crippen molar-refractivity contribution in [3.05, 3.63) is 47.2 Å². The number of hydrogen-bond acceptors (Lipinski definition) is 1. The summed E-state index contributed by atoms with van der Waals surface area (Å²) < 4.78 is 0. The first kappa shape index (κ1) is 30.0. The Bertz CT molecular complexity index is 833. The molecule has 0 bridgehead atoms. The number of benzene rings is 1. The van der Waals surface area contributed by atoms with Crippen LogP contribution in [0.3, 0.4) is 0 Å². The van der Waals surface area contributed by atoms with Gasteiger partial charge in [-0.15, -0.1) is 0 Å². The largest absolute Gasteiger partial charge is 1.00 e. The molecule has 1 aromatic heterocycles. The average molecular weight is 517 g/mol. The average Bonchev–Trinajstić information content (AvgIpc) is 2.77. The number of pyridine rings is 1. The minimum atomic E-state index is 0. The lowest BCUT2D eigenvalue weighted by molar-refractivity contribution is -0.922. The van der Waals surface area contributed by atoms with Gasteiger partial charge in [0.1, 0.15) is 6.54 Å². The number of aromatic amines is 1. The summed E-state index contributed by atoms with van der Waals surface area (Å²) in [7, 11) is 0. The molecule has 3 heterocycles. The maximum atomic E-state index is 11.2. The molecule has 4 N–H and O–H groups in total. The Labute approximate surface area is 218 Å². The number of aromatic hydroxyl groups is 1. The van der Waals surface area contributed by atoms with Crippen molar-refractivity contribution in [1.82, 2.24) is 0 Å². The van der Waals surface area contributed by atoms with Crippen molar-refractivity contribution in [3.8, 4) is 17.0 Å². The quantitative estimate of drug-likeness (QED) is 0.351. The van der Waals surface area contributed by atoms with Crippen LogP contribution in [-0.2, 0) is 13.1 Å². The predicted molar refractivity (Wildman–Crippen MR) is 121 cm³/mol. The lowest BCUT2D eigenvalue weighted by Crippen LogP contribution is -3.11. The van der Waals surface area contributed by atoms with Crippen LogP contribution in [0, 0.1) is 0 Å². The van der Waals surface area contributed by atoms with Gasteiger partial charge in [-0.3, -0.25) is 0 Å². The number of rotatable bonds is 6. The van der Waals surface area contributed by atoms with Crippen LogP contribution in [0.15, 0.2) is 30.3 Å². The van der Waals surface area contributed by atoms with E-state index in [4.69, 9.17) is 0 Å². The third kappa shape index (κ3) is 8.00. The van der Waals surface area contributed by atoms with Crippen LogP contribution in [-0.4, -0.2) is 31.3 Å². The van der Waals surface area contributed by atoms with E-state index in [1.807, 2.05) is 0 Å². The second-order valence-corrected chi connectivity index (χ2v) is 9.80. The molecule has 0 aliphatic carbocycles. The highest BCUT2D eigenvalue weighted by molar-refractivity contribution is 5.65. The van der Waals surface area contributed by atoms with Gasteiger partial charge in [-0.1, -0.05) is 26.0 Å². The first-order valence-electron chi connectivity index (χ1n) is 12.1. The Morgan fingerprint density at radius 2 is 1.30 bits per heavy atom. The zero-order valence-electron chi connectivity index (χ0n) is 20.0. The van der Waals surface area contributed by atoms with E-state index in [9.17, 15) is 5.11 Å². The number of likely N-dealkylation sites (tertiary alicyclic amines) is 2. The number of H-pyrrole nitrogens is 1. The van der Waals surface area contributed by atoms with Gasteiger partial charge in [-0.2, -0.15) is 0 Å². The fourth-order valence-corrected chi connectivity index (χ4v) is 5.16. The summed E-state index contributed by atoms with van der Waals surface area (Å²) in [5.41, 5.74) is 5.69. The number of quaternary nitrogens is 2. The number of halogens is 3.